The fraction of sp³-hybridized carbons (Fsp3) is 0.471. The average molecular weight is 366 g/mol. The van der Waals surface area contributed by atoms with E-state index in [0.717, 1.165) is 23.9 Å². The molecule has 0 bridgehead atoms. The lowest BCUT2D eigenvalue weighted by Crippen LogP contribution is -2.46. The van der Waals surface area contributed by atoms with Crippen LogP contribution in [0.4, 0.5) is 13.6 Å². The van der Waals surface area contributed by atoms with Crippen LogP contribution in [0.5, 0.6) is 0 Å². The number of nitrogens with one attached hydrogen (secondary N) is 1. The van der Waals surface area contributed by atoms with E-state index in [-0.39, 0.29) is 23.6 Å². The van der Waals surface area contributed by atoms with E-state index in [4.69, 9.17) is 0 Å². The molecule has 2 heterocycles. The highest BCUT2D eigenvalue weighted by Crippen LogP contribution is 2.34. The topological polar surface area (TPSA) is 58.1 Å². The quantitative estimate of drug-likeness (QED) is 0.899. The highest BCUT2D eigenvalue weighted by Gasteiger charge is 2.26. The highest BCUT2D eigenvalue weighted by atomic mass is 32.1. The lowest BCUT2D eigenvalue weighted by Gasteiger charge is -2.31. The molecule has 1 aliphatic rings. The van der Waals surface area contributed by atoms with Crippen LogP contribution in [0, 0.1) is 11.6 Å². The van der Waals surface area contributed by atoms with Gasteiger partial charge in [0.25, 0.3) is 0 Å². The van der Waals surface area contributed by atoms with Crippen molar-refractivity contribution in [2.45, 2.75) is 38.6 Å². The molecule has 5 nitrogen and oxygen atoms in total. The van der Waals surface area contributed by atoms with Crippen LogP contribution in [-0.2, 0) is 0 Å². The Kier molecular flexibility index (Phi) is 5.27. The molecule has 134 valence electrons. The Morgan fingerprint density at radius 2 is 2.00 bits per heavy atom. The van der Waals surface area contributed by atoms with Gasteiger partial charge in [-0.3, -0.25) is 0 Å². The van der Waals surface area contributed by atoms with Gasteiger partial charge in [0, 0.05) is 36.7 Å². The smallest absolute Gasteiger partial charge is 0.317 e. The summed E-state index contributed by atoms with van der Waals surface area (Å²) in [6.45, 7) is 5.18. The number of carbonyl (C=O) groups excluding carboxylic acids is 1. The van der Waals surface area contributed by atoms with Crippen molar-refractivity contribution < 1.29 is 13.6 Å². The number of aromatic nitrogens is 2. The van der Waals surface area contributed by atoms with Gasteiger partial charge in [0.15, 0.2) is 5.01 Å². The van der Waals surface area contributed by atoms with Gasteiger partial charge in [-0.15, -0.1) is 10.2 Å². The minimum Gasteiger partial charge on any atom is -0.336 e. The van der Waals surface area contributed by atoms with E-state index in [2.05, 4.69) is 15.5 Å². The van der Waals surface area contributed by atoms with Crippen molar-refractivity contribution in [1.29, 1.82) is 0 Å². The number of halogens is 2. The first-order chi connectivity index (χ1) is 11.9. The summed E-state index contributed by atoms with van der Waals surface area (Å²) in [7, 11) is 0. The van der Waals surface area contributed by atoms with Crippen LogP contribution >= 0.6 is 11.3 Å². The third kappa shape index (κ3) is 4.12. The van der Waals surface area contributed by atoms with Crippen molar-refractivity contribution >= 4 is 17.4 Å². The van der Waals surface area contributed by atoms with Gasteiger partial charge < -0.3 is 10.2 Å². The third-order valence-corrected chi connectivity index (χ3v) is 5.26. The largest absolute Gasteiger partial charge is 0.336 e. The number of likely N-dealkylation sites (tertiary alicyclic amines) is 1. The minimum atomic E-state index is -0.636. The second-order valence-electron chi connectivity index (χ2n) is 6.44. The van der Waals surface area contributed by atoms with E-state index in [1.807, 2.05) is 13.8 Å². The fourth-order valence-electron chi connectivity index (χ4n) is 2.84. The second-order valence-corrected chi connectivity index (χ2v) is 7.44. The van der Waals surface area contributed by atoms with Crippen LogP contribution in [-0.4, -0.2) is 40.3 Å². The summed E-state index contributed by atoms with van der Waals surface area (Å²) >= 11 is 1.33. The lowest BCUT2D eigenvalue weighted by molar-refractivity contribution is 0.179. The molecule has 3 rings (SSSR count). The molecule has 2 aromatic rings. The van der Waals surface area contributed by atoms with E-state index in [1.54, 1.807) is 4.90 Å². The Morgan fingerprint density at radius 1 is 1.28 bits per heavy atom. The minimum absolute atomic E-state index is 0.0419. The molecule has 1 fully saturated rings. The number of urea groups is 1. The van der Waals surface area contributed by atoms with Crippen molar-refractivity contribution in [1.82, 2.24) is 20.4 Å². The van der Waals surface area contributed by atoms with Crippen molar-refractivity contribution in [2.24, 2.45) is 0 Å². The van der Waals surface area contributed by atoms with Crippen LogP contribution in [0.15, 0.2) is 18.2 Å². The molecule has 0 radical (unpaired) electrons. The van der Waals surface area contributed by atoms with Crippen molar-refractivity contribution in [3.63, 3.8) is 0 Å². The van der Waals surface area contributed by atoms with Crippen molar-refractivity contribution in [3.05, 3.63) is 34.8 Å². The first-order valence-corrected chi connectivity index (χ1v) is 9.10. The van der Waals surface area contributed by atoms with Gasteiger partial charge in [0.05, 0.1) is 0 Å². The van der Waals surface area contributed by atoms with E-state index < -0.39 is 11.6 Å². The molecule has 0 unspecified atom stereocenters. The average Bonchev–Trinajstić information content (AvgIpc) is 3.04. The monoisotopic (exact) mass is 366 g/mol. The summed E-state index contributed by atoms with van der Waals surface area (Å²) in [5.41, 5.74) is 0.263. The van der Waals surface area contributed by atoms with Crippen LogP contribution < -0.4 is 5.32 Å². The van der Waals surface area contributed by atoms with E-state index >= 15 is 0 Å². The van der Waals surface area contributed by atoms with Gasteiger partial charge in [-0.1, -0.05) is 11.3 Å². The maximum atomic E-state index is 13.9. The predicted molar refractivity (Wildman–Crippen MR) is 92.5 cm³/mol. The van der Waals surface area contributed by atoms with Gasteiger partial charge in [-0.05, 0) is 38.8 Å². The number of amides is 2. The SMILES string of the molecule is CC(C)NC(=O)N1CCC(c2nnc(-c3ccc(F)cc3F)s2)CC1. The number of hydrogen-bond donors (Lipinski definition) is 1. The number of piperidine rings is 1. The summed E-state index contributed by atoms with van der Waals surface area (Å²) in [5, 5.41) is 12.4. The number of hydrogen-bond acceptors (Lipinski definition) is 4. The van der Waals surface area contributed by atoms with Gasteiger partial charge in [0.1, 0.15) is 16.6 Å². The summed E-state index contributed by atoms with van der Waals surface area (Å²) < 4.78 is 26.9. The molecule has 0 atom stereocenters. The normalized spacial score (nSPS) is 15.6. The lowest BCUT2D eigenvalue weighted by atomic mass is 9.98. The number of nitrogens with zero attached hydrogens (tertiary/aromatic N) is 3. The maximum absolute atomic E-state index is 13.9. The number of benzene rings is 1. The van der Waals surface area contributed by atoms with Crippen LogP contribution in [0.25, 0.3) is 10.6 Å². The van der Waals surface area contributed by atoms with Crippen molar-refractivity contribution in [2.75, 3.05) is 13.1 Å². The standard InChI is InChI=1S/C17H20F2N4OS/c1-10(2)20-17(24)23-7-5-11(6-8-23)15-21-22-16(25-15)13-4-3-12(18)9-14(13)19/h3-4,9-11H,5-8H2,1-2H3,(H,20,24). The number of carbonyl (C=O) groups is 1. The predicted octanol–water partition coefficient (Wildman–Crippen LogP) is 3.78. The molecule has 8 heteroatoms. The Bertz CT molecular complexity index is 757. The number of rotatable bonds is 3. The molecule has 1 N–H and O–H groups in total. The molecule has 0 saturated carbocycles. The molecule has 1 aliphatic heterocycles. The molecule has 1 aromatic carbocycles. The first-order valence-electron chi connectivity index (χ1n) is 8.28. The Hall–Kier alpha value is -2.09. The zero-order valence-corrected chi connectivity index (χ0v) is 14.9. The van der Waals surface area contributed by atoms with Crippen LogP contribution in [0.2, 0.25) is 0 Å². The van der Waals surface area contributed by atoms with Crippen LogP contribution in [0.3, 0.4) is 0 Å². The fourth-order valence-corrected chi connectivity index (χ4v) is 3.88. The summed E-state index contributed by atoms with van der Waals surface area (Å²) in [6.07, 6.45) is 1.60. The molecule has 2 amide bonds. The molecule has 0 aliphatic carbocycles. The van der Waals surface area contributed by atoms with E-state index in [9.17, 15) is 13.6 Å². The summed E-state index contributed by atoms with van der Waals surface area (Å²) in [4.78, 5) is 13.8. The van der Waals surface area contributed by atoms with Crippen LogP contribution in [0.1, 0.15) is 37.6 Å². The Labute approximate surface area is 149 Å². The molecule has 0 spiro atoms. The summed E-state index contributed by atoms with van der Waals surface area (Å²) in [6, 6.07) is 3.52. The molecule has 1 saturated heterocycles. The van der Waals surface area contributed by atoms with E-state index in [0.29, 0.717) is 18.1 Å². The molecular weight excluding hydrogens is 346 g/mol. The molecule has 25 heavy (non-hydrogen) atoms. The van der Waals surface area contributed by atoms with Gasteiger partial charge >= 0.3 is 6.03 Å². The van der Waals surface area contributed by atoms with Gasteiger partial charge in [-0.25, -0.2) is 13.6 Å². The second kappa shape index (κ2) is 7.43. The van der Waals surface area contributed by atoms with Gasteiger partial charge in [0.2, 0.25) is 0 Å². The van der Waals surface area contributed by atoms with Gasteiger partial charge in [-0.2, -0.15) is 0 Å². The zero-order chi connectivity index (χ0) is 18.0. The Balaban J connectivity index is 1.65. The summed E-state index contributed by atoms with van der Waals surface area (Å²) in [5.74, 6) is -1.04. The Morgan fingerprint density at radius 3 is 2.64 bits per heavy atom. The first kappa shape index (κ1) is 17.7. The molecular formula is C17H20F2N4OS. The molecule has 1 aromatic heterocycles. The maximum Gasteiger partial charge on any atom is 0.317 e. The van der Waals surface area contributed by atoms with E-state index in [1.165, 1.54) is 23.5 Å². The third-order valence-electron chi connectivity index (χ3n) is 4.15. The zero-order valence-electron chi connectivity index (χ0n) is 14.1. The van der Waals surface area contributed by atoms with Crippen molar-refractivity contribution in [3.8, 4) is 10.6 Å². The highest BCUT2D eigenvalue weighted by molar-refractivity contribution is 7.14.